The number of likely N-dealkylation sites (tertiary alicyclic amines) is 1. The Morgan fingerprint density at radius 1 is 1.14 bits per heavy atom. The lowest BCUT2D eigenvalue weighted by atomic mass is 9.87. The maximum Gasteiger partial charge on any atom is 0.0472 e. The fraction of sp³-hybridized carbons (Fsp3) is 1.00. The number of piperidine rings is 2. The van der Waals surface area contributed by atoms with Crippen LogP contribution in [-0.4, -0.2) is 53.7 Å². The van der Waals surface area contributed by atoms with E-state index in [1.165, 1.54) is 51.7 Å². The van der Waals surface area contributed by atoms with E-state index in [1.807, 2.05) is 0 Å². The zero-order valence-corrected chi connectivity index (χ0v) is 14.6. The van der Waals surface area contributed by atoms with Crippen molar-refractivity contribution in [1.29, 1.82) is 0 Å². The average molecular weight is 297 g/mol. The molecule has 124 valence electrons. The van der Waals surface area contributed by atoms with Crippen molar-refractivity contribution in [3.8, 4) is 0 Å². The van der Waals surface area contributed by atoms with E-state index in [0.717, 1.165) is 12.5 Å². The lowest BCUT2D eigenvalue weighted by molar-refractivity contribution is -0.0195. The van der Waals surface area contributed by atoms with Crippen LogP contribution < -0.4 is 11.2 Å². The molecule has 0 spiro atoms. The predicted octanol–water partition coefficient (Wildman–Crippen LogP) is 2.20. The van der Waals surface area contributed by atoms with E-state index in [9.17, 15) is 0 Å². The molecule has 0 bridgehead atoms. The van der Waals surface area contributed by atoms with Gasteiger partial charge in [0.1, 0.15) is 0 Å². The van der Waals surface area contributed by atoms with Crippen LogP contribution in [0.2, 0.25) is 0 Å². The van der Waals surface area contributed by atoms with Gasteiger partial charge in [-0.15, -0.1) is 0 Å². The van der Waals surface area contributed by atoms with Gasteiger partial charge in [0.05, 0.1) is 0 Å². The zero-order valence-electron chi connectivity index (χ0n) is 14.6. The second-order valence-corrected chi connectivity index (χ2v) is 7.83. The fourth-order valence-electron chi connectivity index (χ4n) is 3.96. The quantitative estimate of drug-likeness (QED) is 0.816. The first-order valence-electron chi connectivity index (χ1n) is 8.94. The largest absolute Gasteiger partial charge is 0.329 e. The van der Waals surface area contributed by atoms with E-state index >= 15 is 0 Å². The van der Waals surface area contributed by atoms with Gasteiger partial charge >= 0.3 is 0 Å². The highest BCUT2D eigenvalue weighted by atomic mass is 15.6. The SMILES string of the molecule is CC(C)CN1CCC(CN)(NN2C(C)CCCC2C)CC1. The van der Waals surface area contributed by atoms with Crippen LogP contribution >= 0.6 is 0 Å². The molecule has 2 heterocycles. The fourth-order valence-corrected chi connectivity index (χ4v) is 3.96. The number of nitrogens with two attached hydrogens (primary N) is 1. The van der Waals surface area contributed by atoms with Gasteiger partial charge in [0, 0.05) is 30.7 Å². The molecule has 2 aliphatic heterocycles. The topological polar surface area (TPSA) is 44.5 Å². The predicted molar refractivity (Wildman–Crippen MR) is 90.0 cm³/mol. The van der Waals surface area contributed by atoms with Crippen molar-refractivity contribution in [2.75, 3.05) is 26.2 Å². The number of rotatable bonds is 5. The molecule has 2 aliphatic rings. The highest BCUT2D eigenvalue weighted by Gasteiger charge is 2.37. The van der Waals surface area contributed by atoms with Crippen LogP contribution in [0.25, 0.3) is 0 Å². The third-order valence-corrected chi connectivity index (χ3v) is 5.39. The number of hydrogen-bond acceptors (Lipinski definition) is 4. The molecule has 21 heavy (non-hydrogen) atoms. The van der Waals surface area contributed by atoms with E-state index < -0.39 is 0 Å². The van der Waals surface area contributed by atoms with Gasteiger partial charge in [-0.05, 0) is 58.5 Å². The number of hydrazine groups is 1. The Hall–Kier alpha value is -0.160. The molecular formula is C17H36N4. The van der Waals surface area contributed by atoms with E-state index in [4.69, 9.17) is 5.73 Å². The van der Waals surface area contributed by atoms with Crippen LogP contribution in [0.1, 0.15) is 59.8 Å². The molecule has 3 N–H and O–H groups in total. The van der Waals surface area contributed by atoms with E-state index in [-0.39, 0.29) is 5.54 Å². The molecule has 2 rings (SSSR count). The van der Waals surface area contributed by atoms with Crippen molar-refractivity contribution in [3.63, 3.8) is 0 Å². The summed E-state index contributed by atoms with van der Waals surface area (Å²) in [6.07, 6.45) is 6.31. The molecule has 0 aromatic carbocycles. The van der Waals surface area contributed by atoms with Gasteiger partial charge in [-0.25, -0.2) is 10.4 Å². The van der Waals surface area contributed by atoms with Crippen LogP contribution in [0.3, 0.4) is 0 Å². The monoisotopic (exact) mass is 296 g/mol. The van der Waals surface area contributed by atoms with Crippen LogP contribution in [0.4, 0.5) is 0 Å². The third kappa shape index (κ3) is 4.41. The second-order valence-electron chi connectivity index (χ2n) is 7.83. The summed E-state index contributed by atoms with van der Waals surface area (Å²) in [5.74, 6) is 0.755. The standard InChI is InChI=1S/C17H36N4/c1-14(2)12-20-10-8-17(13-18,9-11-20)19-21-15(3)6-5-7-16(21)4/h14-16,19H,5-13,18H2,1-4H3. The van der Waals surface area contributed by atoms with Crippen LogP contribution in [0.5, 0.6) is 0 Å². The van der Waals surface area contributed by atoms with Crippen molar-refractivity contribution in [1.82, 2.24) is 15.3 Å². The van der Waals surface area contributed by atoms with Gasteiger partial charge in [-0.2, -0.15) is 0 Å². The minimum atomic E-state index is 0.118. The van der Waals surface area contributed by atoms with Crippen LogP contribution in [0, 0.1) is 5.92 Å². The van der Waals surface area contributed by atoms with Crippen molar-refractivity contribution in [2.24, 2.45) is 11.7 Å². The number of nitrogens with one attached hydrogen (secondary N) is 1. The summed E-state index contributed by atoms with van der Waals surface area (Å²) in [4.78, 5) is 2.60. The lowest BCUT2D eigenvalue weighted by Crippen LogP contribution is -2.66. The molecule has 2 fully saturated rings. The minimum absolute atomic E-state index is 0.118. The van der Waals surface area contributed by atoms with Crippen LogP contribution in [-0.2, 0) is 0 Å². The Labute approximate surface area is 131 Å². The lowest BCUT2D eigenvalue weighted by Gasteiger charge is -2.49. The highest BCUT2D eigenvalue weighted by Crippen LogP contribution is 2.27. The van der Waals surface area contributed by atoms with E-state index in [1.54, 1.807) is 0 Å². The summed E-state index contributed by atoms with van der Waals surface area (Å²) in [7, 11) is 0. The third-order valence-electron chi connectivity index (χ3n) is 5.39. The highest BCUT2D eigenvalue weighted by molar-refractivity contribution is 4.95. The van der Waals surface area contributed by atoms with Crippen molar-refractivity contribution in [2.45, 2.75) is 77.4 Å². The van der Waals surface area contributed by atoms with Crippen molar-refractivity contribution >= 4 is 0 Å². The molecule has 0 aromatic rings. The Bertz CT molecular complexity index is 300. The molecular weight excluding hydrogens is 260 g/mol. The summed E-state index contributed by atoms with van der Waals surface area (Å²) >= 11 is 0. The molecule has 0 aromatic heterocycles. The maximum absolute atomic E-state index is 6.19. The Morgan fingerprint density at radius 3 is 2.19 bits per heavy atom. The first-order chi connectivity index (χ1) is 9.96. The van der Waals surface area contributed by atoms with Gasteiger partial charge in [-0.3, -0.25) is 0 Å². The Balaban J connectivity index is 1.93. The summed E-state index contributed by atoms with van der Waals surface area (Å²) < 4.78 is 0. The van der Waals surface area contributed by atoms with Crippen LogP contribution in [0.15, 0.2) is 0 Å². The molecule has 4 nitrogen and oxygen atoms in total. The molecule has 2 saturated heterocycles. The molecule has 2 unspecified atom stereocenters. The zero-order chi connectivity index (χ0) is 15.5. The molecule has 0 aliphatic carbocycles. The number of hydrogen-bond donors (Lipinski definition) is 2. The van der Waals surface area contributed by atoms with Gasteiger partial charge in [-0.1, -0.05) is 20.3 Å². The minimum Gasteiger partial charge on any atom is -0.329 e. The Kier molecular flexibility index (Phi) is 6.06. The molecule has 0 amide bonds. The summed E-state index contributed by atoms with van der Waals surface area (Å²) in [6.45, 7) is 13.6. The number of nitrogens with zero attached hydrogens (tertiary/aromatic N) is 2. The Morgan fingerprint density at radius 2 is 1.71 bits per heavy atom. The summed E-state index contributed by atoms with van der Waals surface area (Å²) in [5.41, 5.74) is 10.2. The first-order valence-corrected chi connectivity index (χ1v) is 8.94. The van der Waals surface area contributed by atoms with Gasteiger partial charge in [0.15, 0.2) is 0 Å². The summed E-state index contributed by atoms with van der Waals surface area (Å²) in [5, 5.41) is 2.51. The second kappa shape index (κ2) is 7.40. The van der Waals surface area contributed by atoms with E-state index in [0.29, 0.717) is 12.1 Å². The van der Waals surface area contributed by atoms with Crippen molar-refractivity contribution < 1.29 is 0 Å². The normalized spacial score (nSPS) is 31.7. The smallest absolute Gasteiger partial charge is 0.0472 e. The van der Waals surface area contributed by atoms with Gasteiger partial charge in [0.2, 0.25) is 0 Å². The molecule has 0 radical (unpaired) electrons. The molecule has 0 saturated carbocycles. The first kappa shape index (κ1) is 17.2. The molecule has 4 heteroatoms. The summed E-state index contributed by atoms with van der Waals surface area (Å²) in [6, 6.07) is 1.26. The average Bonchev–Trinajstić information content (AvgIpc) is 2.45. The van der Waals surface area contributed by atoms with Gasteiger partial charge in [0.25, 0.3) is 0 Å². The van der Waals surface area contributed by atoms with Crippen molar-refractivity contribution in [3.05, 3.63) is 0 Å². The maximum atomic E-state index is 6.19. The molecule has 2 atom stereocenters. The van der Waals surface area contributed by atoms with E-state index in [2.05, 4.69) is 43.0 Å². The van der Waals surface area contributed by atoms with Gasteiger partial charge < -0.3 is 10.6 Å².